The third kappa shape index (κ3) is 11.7. The minimum Gasteiger partial charge on any atom is -0.493 e. The quantitative estimate of drug-likeness (QED) is 0.0880. The van der Waals surface area contributed by atoms with Crippen molar-refractivity contribution in [2.24, 2.45) is 0 Å². The molecule has 0 N–H and O–H groups in total. The smallest absolute Gasteiger partial charge is 0.493 e. The van der Waals surface area contributed by atoms with E-state index in [0.717, 1.165) is 17.2 Å². The Kier molecular flexibility index (Phi) is 10.9. The van der Waals surface area contributed by atoms with E-state index in [1.807, 2.05) is 26.0 Å². The molecule has 0 amide bonds. The van der Waals surface area contributed by atoms with Gasteiger partial charge in [0.2, 0.25) is 0 Å². The van der Waals surface area contributed by atoms with Crippen LogP contribution in [-0.2, 0) is 4.74 Å². The SMILES string of the molecule is COc1cc(/C=C/c2cc(OCC=C(C)C)cc(OC(F)(F)F)c2)ccc1OCOCC[Si](C)(C)C. The van der Waals surface area contributed by atoms with E-state index < -0.39 is 14.4 Å². The molecule has 198 valence electrons. The molecule has 0 aliphatic carbocycles. The molecule has 36 heavy (non-hydrogen) atoms. The number of allylic oxidation sites excluding steroid dienone is 1. The topological polar surface area (TPSA) is 46.2 Å². The second-order valence-electron chi connectivity index (χ2n) is 9.60. The molecular formula is C27H35F3O5Si. The van der Waals surface area contributed by atoms with Gasteiger partial charge in [-0.3, -0.25) is 0 Å². The molecule has 0 aromatic heterocycles. The Morgan fingerprint density at radius 2 is 1.58 bits per heavy atom. The zero-order chi connectivity index (χ0) is 26.8. The summed E-state index contributed by atoms with van der Waals surface area (Å²) < 4.78 is 64.8. The zero-order valence-electron chi connectivity index (χ0n) is 21.7. The van der Waals surface area contributed by atoms with Crippen LogP contribution < -0.4 is 18.9 Å². The predicted molar refractivity (Wildman–Crippen MR) is 140 cm³/mol. The molecule has 0 spiro atoms. The van der Waals surface area contributed by atoms with Gasteiger partial charge in [-0.1, -0.05) is 43.4 Å². The Labute approximate surface area is 212 Å². The molecule has 2 aromatic rings. The van der Waals surface area contributed by atoms with E-state index in [-0.39, 0.29) is 24.9 Å². The van der Waals surface area contributed by atoms with Gasteiger partial charge >= 0.3 is 6.36 Å². The third-order valence-corrected chi connectivity index (χ3v) is 6.53. The molecule has 9 heteroatoms. The van der Waals surface area contributed by atoms with Crippen LogP contribution in [0.1, 0.15) is 25.0 Å². The maximum atomic E-state index is 12.8. The molecule has 2 aromatic carbocycles. The first-order valence-corrected chi connectivity index (χ1v) is 15.3. The van der Waals surface area contributed by atoms with E-state index in [0.29, 0.717) is 23.7 Å². The number of benzene rings is 2. The van der Waals surface area contributed by atoms with E-state index >= 15 is 0 Å². The summed E-state index contributed by atoms with van der Waals surface area (Å²) in [5.41, 5.74) is 2.30. The molecule has 0 atom stereocenters. The number of hydrogen-bond acceptors (Lipinski definition) is 5. The first-order chi connectivity index (χ1) is 16.8. The normalized spacial score (nSPS) is 11.9. The monoisotopic (exact) mass is 524 g/mol. The third-order valence-electron chi connectivity index (χ3n) is 4.83. The summed E-state index contributed by atoms with van der Waals surface area (Å²) in [6, 6.07) is 10.6. The molecule has 0 fully saturated rings. The van der Waals surface area contributed by atoms with Gasteiger partial charge in [-0.25, -0.2) is 0 Å². The summed E-state index contributed by atoms with van der Waals surface area (Å²) in [6.45, 7) is 11.7. The second kappa shape index (κ2) is 13.4. The maximum Gasteiger partial charge on any atom is 0.573 e. The van der Waals surface area contributed by atoms with Gasteiger partial charge < -0.3 is 23.7 Å². The van der Waals surface area contributed by atoms with Crippen molar-refractivity contribution < 1.29 is 36.9 Å². The van der Waals surface area contributed by atoms with Gasteiger partial charge in [0, 0.05) is 20.7 Å². The molecular weight excluding hydrogens is 489 g/mol. The average Bonchev–Trinajstić information content (AvgIpc) is 2.75. The van der Waals surface area contributed by atoms with Crippen LogP contribution in [0.15, 0.2) is 48.0 Å². The summed E-state index contributed by atoms with van der Waals surface area (Å²) in [7, 11) is 0.371. The summed E-state index contributed by atoms with van der Waals surface area (Å²) in [5.74, 6) is 0.973. The van der Waals surface area contributed by atoms with Gasteiger partial charge in [0.15, 0.2) is 18.3 Å². The van der Waals surface area contributed by atoms with E-state index in [9.17, 15) is 13.2 Å². The van der Waals surface area contributed by atoms with Gasteiger partial charge in [0.05, 0.1) is 7.11 Å². The Balaban J connectivity index is 2.13. The number of methoxy groups -OCH3 is 1. The lowest BCUT2D eigenvalue weighted by molar-refractivity contribution is -0.274. The van der Waals surface area contributed by atoms with Crippen LogP contribution in [0.5, 0.6) is 23.0 Å². The van der Waals surface area contributed by atoms with E-state index in [1.54, 1.807) is 30.4 Å². The molecule has 0 aliphatic heterocycles. The van der Waals surface area contributed by atoms with E-state index in [1.165, 1.54) is 19.2 Å². The fourth-order valence-corrected chi connectivity index (χ4v) is 3.67. The minimum absolute atomic E-state index is 0.123. The van der Waals surface area contributed by atoms with E-state index in [2.05, 4.69) is 24.4 Å². The largest absolute Gasteiger partial charge is 0.573 e. The number of hydrogen-bond donors (Lipinski definition) is 0. The Hall–Kier alpha value is -2.91. The highest BCUT2D eigenvalue weighted by Gasteiger charge is 2.31. The first kappa shape index (κ1) is 29.3. The van der Waals surface area contributed by atoms with Crippen molar-refractivity contribution in [3.8, 4) is 23.0 Å². The van der Waals surface area contributed by atoms with Crippen LogP contribution in [0.3, 0.4) is 0 Å². The Bertz CT molecular complexity index is 1040. The number of halogens is 3. The zero-order valence-corrected chi connectivity index (χ0v) is 22.7. The summed E-state index contributed by atoms with van der Waals surface area (Å²) in [4.78, 5) is 0. The van der Waals surface area contributed by atoms with Crippen LogP contribution >= 0.6 is 0 Å². The molecule has 0 aliphatic rings. The van der Waals surface area contributed by atoms with Crippen molar-refractivity contribution >= 4 is 20.2 Å². The first-order valence-electron chi connectivity index (χ1n) is 11.6. The fourth-order valence-electron chi connectivity index (χ4n) is 2.91. The highest BCUT2D eigenvalue weighted by molar-refractivity contribution is 6.76. The number of ether oxygens (including phenoxy) is 5. The lowest BCUT2D eigenvalue weighted by atomic mass is 10.1. The summed E-state index contributed by atoms with van der Waals surface area (Å²) in [6.07, 6.45) is 0.455. The van der Waals surface area contributed by atoms with Gasteiger partial charge in [0.25, 0.3) is 0 Å². The van der Waals surface area contributed by atoms with Crippen LogP contribution in [0.4, 0.5) is 13.2 Å². The molecule has 0 saturated carbocycles. The molecule has 5 nitrogen and oxygen atoms in total. The van der Waals surface area contributed by atoms with Crippen molar-refractivity contribution in [1.82, 2.24) is 0 Å². The molecule has 0 saturated heterocycles. The van der Waals surface area contributed by atoms with Gasteiger partial charge in [0.1, 0.15) is 18.1 Å². The number of rotatable bonds is 13. The number of alkyl halides is 3. The van der Waals surface area contributed by atoms with Gasteiger partial charge in [-0.2, -0.15) is 0 Å². The standard InChI is InChI=1S/C27H35F3O5Si/c1-20(2)11-12-33-23-15-22(16-24(18-23)35-27(28,29)30)8-7-21-9-10-25(26(17-21)31-3)34-19-32-13-14-36(4,5)6/h7-11,15-18H,12-14,19H2,1-6H3/b8-7+. The average molecular weight is 525 g/mol. The van der Waals surface area contributed by atoms with Crippen LogP contribution in [0.2, 0.25) is 25.7 Å². The van der Waals surface area contributed by atoms with Crippen molar-refractivity contribution in [3.63, 3.8) is 0 Å². The maximum absolute atomic E-state index is 12.8. The second-order valence-corrected chi connectivity index (χ2v) is 15.2. The predicted octanol–water partition coefficient (Wildman–Crippen LogP) is 7.80. The fraction of sp³-hybridized carbons (Fsp3) is 0.407. The van der Waals surface area contributed by atoms with Crippen molar-refractivity contribution in [1.29, 1.82) is 0 Å². The molecule has 0 unspecified atom stereocenters. The van der Waals surface area contributed by atoms with Crippen molar-refractivity contribution in [2.75, 3.05) is 27.1 Å². The Morgan fingerprint density at radius 3 is 2.22 bits per heavy atom. The minimum atomic E-state index is -4.80. The summed E-state index contributed by atoms with van der Waals surface area (Å²) in [5, 5.41) is 0. The van der Waals surface area contributed by atoms with Gasteiger partial charge in [-0.05, 0) is 61.4 Å². The highest BCUT2D eigenvalue weighted by atomic mass is 28.3. The molecule has 0 bridgehead atoms. The molecule has 2 rings (SSSR count). The van der Waals surface area contributed by atoms with Crippen molar-refractivity contribution in [2.45, 2.75) is 45.9 Å². The lowest BCUT2D eigenvalue weighted by Gasteiger charge is -2.16. The highest BCUT2D eigenvalue weighted by Crippen LogP contribution is 2.31. The van der Waals surface area contributed by atoms with E-state index in [4.69, 9.17) is 18.9 Å². The molecule has 0 radical (unpaired) electrons. The Morgan fingerprint density at radius 1 is 0.889 bits per heavy atom. The molecule has 0 heterocycles. The van der Waals surface area contributed by atoms with Crippen molar-refractivity contribution in [3.05, 3.63) is 59.2 Å². The lowest BCUT2D eigenvalue weighted by Crippen LogP contribution is -2.22. The van der Waals surface area contributed by atoms with Crippen LogP contribution in [0, 0.1) is 0 Å². The van der Waals surface area contributed by atoms with Gasteiger partial charge in [-0.15, -0.1) is 13.2 Å². The summed E-state index contributed by atoms with van der Waals surface area (Å²) >= 11 is 0. The van der Waals surface area contributed by atoms with Crippen LogP contribution in [0.25, 0.3) is 12.2 Å². The van der Waals surface area contributed by atoms with Crippen LogP contribution in [-0.4, -0.2) is 41.6 Å².